The van der Waals surface area contributed by atoms with Crippen molar-refractivity contribution in [1.29, 1.82) is 0 Å². The van der Waals surface area contributed by atoms with Crippen LogP contribution in [0.5, 0.6) is 0 Å². The first-order valence-electron chi connectivity index (χ1n) is 10.2. The molecular weight excluding hydrogens is 408 g/mol. The molecule has 4 N–H and O–H groups in total. The summed E-state index contributed by atoms with van der Waals surface area (Å²) in [5.74, 6) is -0.682. The van der Waals surface area contributed by atoms with E-state index >= 15 is 0 Å². The Morgan fingerprint density at radius 2 is 1.69 bits per heavy atom. The Hall–Kier alpha value is -4.01. The Bertz CT molecular complexity index is 1090. The van der Waals surface area contributed by atoms with E-state index in [0.29, 0.717) is 5.56 Å². The van der Waals surface area contributed by atoms with E-state index < -0.39 is 12.0 Å². The van der Waals surface area contributed by atoms with Crippen LogP contribution in [0.3, 0.4) is 0 Å². The number of hydrogen-bond acceptors (Lipinski definition) is 8. The number of nitrogens with one attached hydrogen (secondary N) is 2. The zero-order valence-corrected chi connectivity index (χ0v) is 18.2. The summed E-state index contributed by atoms with van der Waals surface area (Å²) in [5, 5.41) is 5.81. The van der Waals surface area contributed by atoms with Crippen molar-refractivity contribution in [3.63, 3.8) is 0 Å². The molecule has 0 saturated heterocycles. The van der Waals surface area contributed by atoms with Crippen LogP contribution in [0.25, 0.3) is 0 Å². The van der Waals surface area contributed by atoms with Crippen LogP contribution >= 0.6 is 0 Å². The summed E-state index contributed by atoms with van der Waals surface area (Å²) < 4.78 is 5.38. The second kappa shape index (κ2) is 10.3. The molecule has 0 radical (unpaired) electrons. The first kappa shape index (κ1) is 22.7. The molecule has 0 fully saturated rings. The highest BCUT2D eigenvalue weighted by molar-refractivity contribution is 5.96. The van der Waals surface area contributed by atoms with Gasteiger partial charge in [-0.3, -0.25) is 4.79 Å². The minimum Gasteiger partial charge on any atom is -0.456 e. The molecule has 3 rings (SSSR count). The SMILES string of the molecule is Cc1ccccc1Nc1nc(N)nc(COC(=O)[C@H](NC(=O)c2ccccc2)C(C)C)n1. The van der Waals surface area contributed by atoms with Gasteiger partial charge < -0.3 is 21.1 Å². The molecule has 1 heterocycles. The molecule has 0 spiro atoms. The number of para-hydroxylation sites is 1. The van der Waals surface area contributed by atoms with Crippen LogP contribution in [-0.2, 0) is 16.1 Å². The molecule has 3 aromatic rings. The van der Waals surface area contributed by atoms with Crippen molar-refractivity contribution in [3.8, 4) is 0 Å². The summed E-state index contributed by atoms with van der Waals surface area (Å²) in [6.07, 6.45) is 0. The molecule has 1 amide bonds. The molecule has 0 aliphatic heterocycles. The quantitative estimate of drug-likeness (QED) is 0.461. The van der Waals surface area contributed by atoms with Gasteiger partial charge >= 0.3 is 5.97 Å². The predicted octanol–water partition coefficient (Wildman–Crippen LogP) is 3.00. The number of nitrogen functional groups attached to an aromatic ring is 1. The lowest BCUT2D eigenvalue weighted by molar-refractivity contribution is -0.148. The minimum absolute atomic E-state index is 0.0000712. The molecule has 0 saturated carbocycles. The van der Waals surface area contributed by atoms with Crippen molar-refractivity contribution < 1.29 is 14.3 Å². The van der Waals surface area contributed by atoms with Crippen molar-refractivity contribution in [2.75, 3.05) is 11.1 Å². The molecule has 2 aromatic carbocycles. The fourth-order valence-electron chi connectivity index (χ4n) is 2.93. The van der Waals surface area contributed by atoms with Crippen LogP contribution in [0.4, 0.5) is 17.6 Å². The molecule has 0 bridgehead atoms. The normalized spacial score (nSPS) is 11.6. The van der Waals surface area contributed by atoms with Gasteiger partial charge in [-0.2, -0.15) is 15.0 Å². The van der Waals surface area contributed by atoms with Crippen LogP contribution in [0.2, 0.25) is 0 Å². The molecule has 0 aliphatic rings. The third-order valence-corrected chi connectivity index (χ3v) is 4.68. The number of aromatic nitrogens is 3. The number of nitrogens with zero attached hydrogens (tertiary/aromatic N) is 3. The Labute approximate surface area is 186 Å². The zero-order chi connectivity index (χ0) is 23.1. The van der Waals surface area contributed by atoms with Gasteiger partial charge in [0.05, 0.1) is 0 Å². The second-order valence-corrected chi connectivity index (χ2v) is 7.54. The maximum absolute atomic E-state index is 12.7. The van der Waals surface area contributed by atoms with Gasteiger partial charge in [0.2, 0.25) is 11.9 Å². The third-order valence-electron chi connectivity index (χ3n) is 4.68. The van der Waals surface area contributed by atoms with Crippen LogP contribution in [-0.4, -0.2) is 32.9 Å². The summed E-state index contributed by atoms with van der Waals surface area (Å²) in [6.45, 7) is 5.38. The lowest BCUT2D eigenvalue weighted by atomic mass is 10.0. The highest BCUT2D eigenvalue weighted by Crippen LogP contribution is 2.18. The number of ether oxygens (including phenoxy) is 1. The van der Waals surface area contributed by atoms with Gasteiger partial charge in [0.25, 0.3) is 5.91 Å². The van der Waals surface area contributed by atoms with Gasteiger partial charge in [-0.1, -0.05) is 50.2 Å². The smallest absolute Gasteiger partial charge is 0.329 e. The van der Waals surface area contributed by atoms with E-state index in [4.69, 9.17) is 10.5 Å². The van der Waals surface area contributed by atoms with Gasteiger partial charge in [0.1, 0.15) is 6.04 Å². The van der Waals surface area contributed by atoms with Crippen LogP contribution in [0, 0.1) is 12.8 Å². The predicted molar refractivity (Wildman–Crippen MR) is 121 cm³/mol. The zero-order valence-electron chi connectivity index (χ0n) is 18.2. The lowest BCUT2D eigenvalue weighted by Gasteiger charge is -2.20. The first-order chi connectivity index (χ1) is 15.3. The number of esters is 1. The number of aryl methyl sites for hydroxylation is 1. The summed E-state index contributed by atoms with van der Waals surface area (Å²) in [7, 11) is 0. The van der Waals surface area contributed by atoms with E-state index in [0.717, 1.165) is 11.3 Å². The molecule has 1 atom stereocenters. The van der Waals surface area contributed by atoms with Crippen LogP contribution in [0.15, 0.2) is 54.6 Å². The second-order valence-electron chi connectivity index (χ2n) is 7.54. The van der Waals surface area contributed by atoms with E-state index in [2.05, 4.69) is 25.6 Å². The molecule has 9 nitrogen and oxygen atoms in total. The van der Waals surface area contributed by atoms with Gasteiger partial charge in [-0.25, -0.2) is 4.79 Å². The van der Waals surface area contributed by atoms with E-state index in [-0.39, 0.29) is 36.2 Å². The standard InChI is InChI=1S/C23H26N6O3/c1-14(2)19(28-20(30)16-10-5-4-6-11-16)21(31)32-13-18-26-22(24)29-23(27-18)25-17-12-8-7-9-15(17)3/h4-12,14,19H,13H2,1-3H3,(H,28,30)(H3,24,25,26,27,29)/t19-/m1/s1. The van der Waals surface area contributed by atoms with Gasteiger partial charge in [-0.05, 0) is 36.6 Å². The maximum atomic E-state index is 12.7. The number of rotatable bonds is 8. The number of anilines is 3. The topological polar surface area (TPSA) is 132 Å². The number of amides is 1. The highest BCUT2D eigenvalue weighted by atomic mass is 16.5. The molecule has 32 heavy (non-hydrogen) atoms. The van der Waals surface area contributed by atoms with Crippen molar-refractivity contribution >= 4 is 29.5 Å². The fourth-order valence-corrected chi connectivity index (χ4v) is 2.93. The van der Waals surface area contributed by atoms with Crippen molar-refractivity contribution in [2.45, 2.75) is 33.4 Å². The number of carbonyl (C=O) groups is 2. The molecule has 1 aromatic heterocycles. The van der Waals surface area contributed by atoms with Crippen molar-refractivity contribution in [2.24, 2.45) is 5.92 Å². The highest BCUT2D eigenvalue weighted by Gasteiger charge is 2.26. The molecule has 166 valence electrons. The number of benzene rings is 2. The van der Waals surface area contributed by atoms with Crippen LogP contribution < -0.4 is 16.4 Å². The minimum atomic E-state index is -0.827. The van der Waals surface area contributed by atoms with Gasteiger partial charge in [0.15, 0.2) is 12.4 Å². The Morgan fingerprint density at radius 1 is 1.00 bits per heavy atom. The van der Waals surface area contributed by atoms with E-state index in [1.165, 1.54) is 0 Å². The summed E-state index contributed by atoms with van der Waals surface area (Å²) >= 11 is 0. The Morgan fingerprint density at radius 3 is 2.38 bits per heavy atom. The largest absolute Gasteiger partial charge is 0.456 e. The van der Waals surface area contributed by atoms with Crippen molar-refractivity contribution in [1.82, 2.24) is 20.3 Å². The third kappa shape index (κ3) is 6.00. The monoisotopic (exact) mass is 434 g/mol. The van der Waals surface area contributed by atoms with E-state index in [1.54, 1.807) is 24.3 Å². The molecule has 0 unspecified atom stereocenters. The van der Waals surface area contributed by atoms with Gasteiger partial charge in [0, 0.05) is 11.3 Å². The van der Waals surface area contributed by atoms with Crippen LogP contribution in [0.1, 0.15) is 35.6 Å². The summed E-state index contributed by atoms with van der Waals surface area (Å²) in [5.41, 5.74) is 8.09. The number of carbonyl (C=O) groups excluding carboxylic acids is 2. The number of hydrogen-bond donors (Lipinski definition) is 3. The summed E-state index contributed by atoms with van der Waals surface area (Å²) in [4.78, 5) is 37.5. The van der Waals surface area contributed by atoms with Crippen molar-refractivity contribution in [3.05, 3.63) is 71.5 Å². The average molecular weight is 435 g/mol. The van der Waals surface area contributed by atoms with E-state index in [1.807, 2.05) is 51.1 Å². The lowest BCUT2D eigenvalue weighted by Crippen LogP contribution is -2.45. The van der Waals surface area contributed by atoms with Gasteiger partial charge in [-0.15, -0.1) is 0 Å². The molecular formula is C23H26N6O3. The molecule has 9 heteroatoms. The van der Waals surface area contributed by atoms with E-state index in [9.17, 15) is 9.59 Å². The molecule has 0 aliphatic carbocycles. The fraction of sp³-hybridized carbons (Fsp3) is 0.261. The Kier molecular flexibility index (Phi) is 7.33. The summed E-state index contributed by atoms with van der Waals surface area (Å²) in [6, 6.07) is 15.5. The maximum Gasteiger partial charge on any atom is 0.329 e. The first-order valence-corrected chi connectivity index (χ1v) is 10.2. The Balaban J connectivity index is 1.66. The number of nitrogens with two attached hydrogens (primary N) is 1. The average Bonchev–Trinajstić information content (AvgIpc) is 2.77.